The molecule has 18 heavy (non-hydrogen) atoms. The van der Waals surface area contributed by atoms with E-state index in [0.717, 1.165) is 19.0 Å². The Morgan fingerprint density at radius 3 is 2.44 bits per heavy atom. The number of nitrogen functional groups attached to an aromatic ring is 1. The van der Waals surface area contributed by atoms with Crippen molar-refractivity contribution in [1.82, 2.24) is 15.0 Å². The summed E-state index contributed by atoms with van der Waals surface area (Å²) < 4.78 is 0. The van der Waals surface area contributed by atoms with Crippen molar-refractivity contribution in [2.24, 2.45) is 5.92 Å². The standard InChI is InChI=1S/C12H22N6/c1-4-9-5-7-18(8-6-9)12-15-10(13)14-11(16-12)17(2)3/h9H,4-8H2,1-3H3,(H2,13,14,15,16). The predicted octanol–water partition coefficient (Wildman–Crippen LogP) is 1.15. The lowest BCUT2D eigenvalue weighted by atomic mass is 9.95. The fourth-order valence-corrected chi connectivity index (χ4v) is 2.25. The summed E-state index contributed by atoms with van der Waals surface area (Å²) in [4.78, 5) is 16.9. The van der Waals surface area contributed by atoms with Crippen molar-refractivity contribution in [3.8, 4) is 0 Å². The lowest BCUT2D eigenvalue weighted by Crippen LogP contribution is -2.35. The Balaban J connectivity index is 2.13. The SMILES string of the molecule is CCC1CCN(c2nc(N)nc(N(C)C)n2)CC1. The van der Waals surface area contributed by atoms with Gasteiger partial charge in [-0.2, -0.15) is 15.0 Å². The summed E-state index contributed by atoms with van der Waals surface area (Å²) >= 11 is 0. The van der Waals surface area contributed by atoms with Gasteiger partial charge in [-0.05, 0) is 18.8 Å². The second-order valence-corrected chi connectivity index (χ2v) is 5.03. The van der Waals surface area contributed by atoms with Crippen LogP contribution in [0.4, 0.5) is 17.8 Å². The zero-order chi connectivity index (χ0) is 13.1. The summed E-state index contributed by atoms with van der Waals surface area (Å²) in [6.07, 6.45) is 3.68. The number of nitrogens with two attached hydrogens (primary N) is 1. The van der Waals surface area contributed by atoms with E-state index < -0.39 is 0 Å². The van der Waals surface area contributed by atoms with E-state index in [0.29, 0.717) is 17.8 Å². The van der Waals surface area contributed by atoms with Gasteiger partial charge in [0, 0.05) is 27.2 Å². The van der Waals surface area contributed by atoms with Gasteiger partial charge in [0.15, 0.2) is 0 Å². The van der Waals surface area contributed by atoms with E-state index in [1.54, 1.807) is 0 Å². The Morgan fingerprint density at radius 1 is 1.22 bits per heavy atom. The zero-order valence-electron chi connectivity index (χ0n) is 11.4. The van der Waals surface area contributed by atoms with Gasteiger partial charge in [-0.1, -0.05) is 13.3 Å². The van der Waals surface area contributed by atoms with Gasteiger partial charge in [0.25, 0.3) is 0 Å². The molecule has 6 nitrogen and oxygen atoms in total. The fraction of sp³-hybridized carbons (Fsp3) is 0.750. The van der Waals surface area contributed by atoms with E-state index in [4.69, 9.17) is 5.73 Å². The van der Waals surface area contributed by atoms with Gasteiger partial charge in [-0.15, -0.1) is 0 Å². The molecule has 2 N–H and O–H groups in total. The summed E-state index contributed by atoms with van der Waals surface area (Å²) in [5, 5.41) is 0. The van der Waals surface area contributed by atoms with Crippen molar-refractivity contribution in [3.63, 3.8) is 0 Å². The second-order valence-electron chi connectivity index (χ2n) is 5.03. The number of hydrogen-bond donors (Lipinski definition) is 1. The van der Waals surface area contributed by atoms with Crippen LogP contribution in [0.2, 0.25) is 0 Å². The highest BCUT2D eigenvalue weighted by molar-refractivity contribution is 5.42. The molecule has 1 aromatic rings. The Kier molecular flexibility index (Phi) is 3.84. The van der Waals surface area contributed by atoms with Crippen LogP contribution in [0, 0.1) is 5.92 Å². The van der Waals surface area contributed by atoms with Crippen molar-refractivity contribution < 1.29 is 0 Å². The first-order valence-corrected chi connectivity index (χ1v) is 6.54. The first-order chi connectivity index (χ1) is 8.60. The summed E-state index contributed by atoms with van der Waals surface area (Å²) in [6, 6.07) is 0. The number of hydrogen-bond acceptors (Lipinski definition) is 6. The van der Waals surface area contributed by atoms with Gasteiger partial charge in [-0.3, -0.25) is 0 Å². The average Bonchev–Trinajstić information content (AvgIpc) is 2.38. The Labute approximate surface area is 108 Å². The van der Waals surface area contributed by atoms with Crippen LogP contribution in [0.25, 0.3) is 0 Å². The van der Waals surface area contributed by atoms with Gasteiger partial charge < -0.3 is 15.5 Å². The van der Waals surface area contributed by atoms with E-state index >= 15 is 0 Å². The maximum atomic E-state index is 5.74. The maximum Gasteiger partial charge on any atom is 0.231 e. The molecule has 1 aromatic heterocycles. The highest BCUT2D eigenvalue weighted by Gasteiger charge is 2.20. The molecule has 1 aliphatic rings. The van der Waals surface area contributed by atoms with Gasteiger partial charge in [-0.25, -0.2) is 0 Å². The van der Waals surface area contributed by atoms with E-state index in [-0.39, 0.29) is 0 Å². The monoisotopic (exact) mass is 250 g/mol. The Hall–Kier alpha value is -1.59. The van der Waals surface area contributed by atoms with Crippen molar-refractivity contribution in [1.29, 1.82) is 0 Å². The lowest BCUT2D eigenvalue weighted by molar-refractivity contribution is 0.392. The molecule has 0 unspecified atom stereocenters. The smallest absolute Gasteiger partial charge is 0.231 e. The number of rotatable bonds is 3. The second kappa shape index (κ2) is 5.37. The average molecular weight is 250 g/mol. The van der Waals surface area contributed by atoms with Crippen LogP contribution >= 0.6 is 0 Å². The molecule has 100 valence electrons. The van der Waals surface area contributed by atoms with E-state index in [1.165, 1.54) is 19.3 Å². The lowest BCUT2D eigenvalue weighted by Gasteiger charge is -2.31. The molecule has 6 heteroatoms. The minimum Gasteiger partial charge on any atom is -0.368 e. The quantitative estimate of drug-likeness (QED) is 0.867. The van der Waals surface area contributed by atoms with Crippen LogP contribution in [0.1, 0.15) is 26.2 Å². The molecule has 2 rings (SSSR count). The van der Waals surface area contributed by atoms with E-state index in [1.807, 2.05) is 19.0 Å². The third-order valence-corrected chi connectivity index (χ3v) is 3.50. The first kappa shape index (κ1) is 12.9. The van der Waals surface area contributed by atoms with Crippen molar-refractivity contribution >= 4 is 17.8 Å². The topological polar surface area (TPSA) is 71.2 Å². The molecule has 0 amide bonds. The first-order valence-electron chi connectivity index (χ1n) is 6.54. The molecule has 0 aromatic carbocycles. The summed E-state index contributed by atoms with van der Waals surface area (Å²) in [6.45, 7) is 4.27. The van der Waals surface area contributed by atoms with Gasteiger partial charge >= 0.3 is 0 Å². The molecule has 1 saturated heterocycles. The number of piperidine rings is 1. The minimum absolute atomic E-state index is 0.293. The normalized spacial score (nSPS) is 16.9. The minimum atomic E-state index is 0.293. The Morgan fingerprint density at radius 2 is 1.89 bits per heavy atom. The molecule has 1 aliphatic heterocycles. The van der Waals surface area contributed by atoms with Crippen molar-refractivity contribution in [2.45, 2.75) is 26.2 Å². The van der Waals surface area contributed by atoms with E-state index in [9.17, 15) is 0 Å². The molecule has 0 spiro atoms. The number of anilines is 3. The molecule has 0 saturated carbocycles. The molecular weight excluding hydrogens is 228 g/mol. The van der Waals surface area contributed by atoms with Crippen LogP contribution in [0.5, 0.6) is 0 Å². The van der Waals surface area contributed by atoms with Crippen LogP contribution in [-0.2, 0) is 0 Å². The highest BCUT2D eigenvalue weighted by Crippen LogP contribution is 2.23. The Bertz CT molecular complexity index is 398. The fourth-order valence-electron chi connectivity index (χ4n) is 2.25. The van der Waals surface area contributed by atoms with Crippen LogP contribution in [0.15, 0.2) is 0 Å². The van der Waals surface area contributed by atoms with Crippen LogP contribution in [0.3, 0.4) is 0 Å². The molecule has 0 atom stereocenters. The summed E-state index contributed by atoms with van der Waals surface area (Å²) in [5.74, 6) is 2.46. The van der Waals surface area contributed by atoms with E-state index in [2.05, 4.69) is 26.8 Å². The number of aromatic nitrogens is 3. The van der Waals surface area contributed by atoms with Crippen molar-refractivity contribution in [2.75, 3.05) is 42.7 Å². The molecule has 0 radical (unpaired) electrons. The van der Waals surface area contributed by atoms with Gasteiger partial charge in [0.2, 0.25) is 17.8 Å². The molecule has 0 aliphatic carbocycles. The molecule has 2 heterocycles. The van der Waals surface area contributed by atoms with Gasteiger partial charge in [0.1, 0.15) is 0 Å². The molecule has 0 bridgehead atoms. The van der Waals surface area contributed by atoms with Crippen molar-refractivity contribution in [3.05, 3.63) is 0 Å². The maximum absolute atomic E-state index is 5.74. The van der Waals surface area contributed by atoms with Crippen LogP contribution in [-0.4, -0.2) is 42.1 Å². The summed E-state index contributed by atoms with van der Waals surface area (Å²) in [7, 11) is 3.81. The third-order valence-electron chi connectivity index (χ3n) is 3.50. The van der Waals surface area contributed by atoms with Crippen LogP contribution < -0.4 is 15.5 Å². The largest absolute Gasteiger partial charge is 0.368 e. The highest BCUT2D eigenvalue weighted by atomic mass is 15.3. The molecular formula is C12H22N6. The van der Waals surface area contributed by atoms with Gasteiger partial charge in [0.05, 0.1) is 0 Å². The molecule has 1 fully saturated rings. The number of nitrogens with zero attached hydrogens (tertiary/aromatic N) is 5. The predicted molar refractivity (Wildman–Crippen MR) is 73.8 cm³/mol. The summed E-state index contributed by atoms with van der Waals surface area (Å²) in [5.41, 5.74) is 5.74. The zero-order valence-corrected chi connectivity index (χ0v) is 11.4. The third kappa shape index (κ3) is 2.80.